The van der Waals surface area contributed by atoms with E-state index < -0.39 is 17.9 Å². The molecule has 0 saturated heterocycles. The van der Waals surface area contributed by atoms with E-state index >= 15 is 0 Å². The molecule has 2 heterocycles. The fourth-order valence-corrected chi connectivity index (χ4v) is 3.62. The maximum atomic E-state index is 11.5. The molecule has 0 unspecified atom stereocenters. The first kappa shape index (κ1) is 18.3. The third-order valence-corrected chi connectivity index (χ3v) is 5.01. The molecule has 134 valence electrons. The molecule has 6 nitrogen and oxygen atoms in total. The number of halogens is 1. The number of nitrogens with one attached hydrogen (secondary N) is 1. The van der Waals surface area contributed by atoms with Gasteiger partial charge >= 0.3 is 0 Å². The number of fused-ring (bicyclic) bond motifs is 1. The molecule has 1 aromatic carbocycles. The quantitative estimate of drug-likeness (QED) is 0.757. The number of carbonyl (C=O) groups excluding carboxylic acids is 1. The van der Waals surface area contributed by atoms with Gasteiger partial charge in [0, 0.05) is 23.9 Å². The fourth-order valence-electron chi connectivity index (χ4n) is 2.88. The first-order valence-electron chi connectivity index (χ1n) is 8.01. The molecule has 1 aliphatic heterocycles. The second-order valence-corrected chi connectivity index (χ2v) is 6.62. The summed E-state index contributed by atoms with van der Waals surface area (Å²) in [5, 5.41) is 11.5. The molecule has 1 aliphatic rings. The van der Waals surface area contributed by atoms with Gasteiger partial charge < -0.3 is 9.90 Å². The summed E-state index contributed by atoms with van der Waals surface area (Å²) in [6.45, 7) is 1.55. The Labute approximate surface area is 159 Å². The third-order valence-electron chi connectivity index (χ3n) is 4.21. The number of pyridine rings is 1. The second-order valence-electron chi connectivity index (χ2n) is 5.83. The van der Waals surface area contributed by atoms with Crippen molar-refractivity contribution in [3.63, 3.8) is 0 Å². The van der Waals surface area contributed by atoms with Gasteiger partial charge in [0.25, 0.3) is 0 Å². The molecule has 0 saturated carbocycles. The highest BCUT2D eigenvalue weighted by Gasteiger charge is 2.29. The number of aliphatic imine (C=N–C) groups is 1. The molecule has 7 heteroatoms. The average Bonchev–Trinajstić information content (AvgIpc) is 2.78. The molecule has 0 aliphatic carbocycles. The summed E-state index contributed by atoms with van der Waals surface area (Å²) in [7, 11) is 1.50. The number of hydrogen-bond donors (Lipinski definition) is 1. The van der Waals surface area contributed by atoms with Crippen LogP contribution in [0.5, 0.6) is 0 Å². The minimum Gasteiger partial charge on any atom is -0.549 e. The van der Waals surface area contributed by atoms with Crippen molar-refractivity contribution in [1.29, 1.82) is 0 Å². The molecule has 0 fully saturated rings. The van der Waals surface area contributed by atoms with Crippen LogP contribution in [0.4, 0.5) is 0 Å². The van der Waals surface area contributed by atoms with Crippen LogP contribution in [0.1, 0.15) is 29.7 Å². The summed E-state index contributed by atoms with van der Waals surface area (Å²) >= 11 is 3.51. The number of benzene rings is 1. The molecule has 2 atom stereocenters. The Bertz CT molecular complexity index is 881. The summed E-state index contributed by atoms with van der Waals surface area (Å²) in [4.78, 5) is 25.6. The van der Waals surface area contributed by atoms with Crippen molar-refractivity contribution in [3.8, 4) is 0 Å². The van der Waals surface area contributed by atoms with Crippen LogP contribution in [-0.2, 0) is 9.63 Å². The van der Waals surface area contributed by atoms with Crippen LogP contribution in [0, 0.1) is 5.92 Å². The molecule has 0 bridgehead atoms. The zero-order valence-electron chi connectivity index (χ0n) is 14.3. The minimum atomic E-state index is -1.20. The van der Waals surface area contributed by atoms with E-state index in [-0.39, 0.29) is 0 Å². The van der Waals surface area contributed by atoms with Crippen molar-refractivity contribution in [3.05, 3.63) is 70.0 Å². The average molecular weight is 415 g/mol. The van der Waals surface area contributed by atoms with Crippen molar-refractivity contribution in [2.45, 2.75) is 13.0 Å². The van der Waals surface area contributed by atoms with Crippen LogP contribution in [0.2, 0.25) is 0 Å². The largest absolute Gasteiger partial charge is 0.549 e. The number of rotatable bonds is 5. The Morgan fingerprint density at radius 2 is 2.08 bits per heavy atom. The summed E-state index contributed by atoms with van der Waals surface area (Å²) < 4.78 is 0.523. The van der Waals surface area contributed by atoms with E-state index in [2.05, 4.69) is 26.4 Å². The normalized spacial score (nSPS) is 17.8. The summed E-state index contributed by atoms with van der Waals surface area (Å²) in [5.74, 6) is -2.11. The van der Waals surface area contributed by atoms with E-state index in [1.165, 1.54) is 7.11 Å². The van der Waals surface area contributed by atoms with Crippen molar-refractivity contribution >= 4 is 33.3 Å². The van der Waals surface area contributed by atoms with Gasteiger partial charge in [-0.05, 0) is 33.1 Å². The number of carboxylic acid groups (broad SMARTS) is 1. The second kappa shape index (κ2) is 7.80. The molecular weight excluding hydrogens is 398 g/mol. The van der Waals surface area contributed by atoms with Crippen LogP contribution in [0.3, 0.4) is 0 Å². The monoisotopic (exact) mass is 414 g/mol. The summed E-state index contributed by atoms with van der Waals surface area (Å²) in [6.07, 6.45) is 3.42. The Hall–Kier alpha value is -2.51. The van der Waals surface area contributed by atoms with Crippen LogP contribution in [0.25, 0.3) is 5.70 Å². The Morgan fingerprint density at radius 1 is 1.31 bits per heavy atom. The molecule has 1 aromatic heterocycles. The number of aromatic nitrogens is 1. The zero-order chi connectivity index (χ0) is 18.7. The predicted molar refractivity (Wildman–Crippen MR) is 100 cm³/mol. The van der Waals surface area contributed by atoms with Gasteiger partial charge in [0.05, 0.1) is 29.0 Å². The maximum Gasteiger partial charge on any atom is 0.102 e. The van der Waals surface area contributed by atoms with E-state index in [0.29, 0.717) is 15.9 Å². The highest BCUT2D eigenvalue weighted by atomic mass is 79.9. The van der Waals surface area contributed by atoms with Crippen molar-refractivity contribution < 1.29 is 14.7 Å². The van der Waals surface area contributed by atoms with Crippen LogP contribution < -0.4 is 10.6 Å². The van der Waals surface area contributed by atoms with Gasteiger partial charge in [0.2, 0.25) is 0 Å². The van der Waals surface area contributed by atoms with Gasteiger partial charge in [-0.1, -0.05) is 37.3 Å². The van der Waals surface area contributed by atoms with Crippen LogP contribution in [0.15, 0.2) is 58.3 Å². The molecule has 2 aromatic rings. The highest BCUT2D eigenvalue weighted by molar-refractivity contribution is 9.12. The lowest BCUT2D eigenvalue weighted by molar-refractivity contribution is -0.308. The Morgan fingerprint density at radius 3 is 2.73 bits per heavy atom. The van der Waals surface area contributed by atoms with Gasteiger partial charge in [-0.2, -0.15) is 0 Å². The lowest BCUT2D eigenvalue weighted by atomic mass is 9.95. The number of hydroxylamine groups is 1. The topological polar surface area (TPSA) is 86.6 Å². The lowest BCUT2D eigenvalue weighted by Crippen LogP contribution is -2.35. The van der Waals surface area contributed by atoms with E-state index in [1.54, 1.807) is 19.3 Å². The number of carboxylic acids is 1. The number of aliphatic carboxylic acids is 1. The van der Waals surface area contributed by atoms with Crippen molar-refractivity contribution in [1.82, 2.24) is 10.5 Å². The smallest absolute Gasteiger partial charge is 0.102 e. The van der Waals surface area contributed by atoms with E-state index in [9.17, 15) is 9.90 Å². The first-order chi connectivity index (χ1) is 12.5. The van der Waals surface area contributed by atoms with Crippen molar-refractivity contribution in [2.75, 3.05) is 7.11 Å². The molecular formula is C19H17BrN3O3-. The zero-order valence-corrected chi connectivity index (χ0v) is 15.9. The highest BCUT2D eigenvalue weighted by Crippen LogP contribution is 2.38. The van der Waals surface area contributed by atoms with E-state index in [4.69, 9.17) is 9.83 Å². The number of nitrogens with zero attached hydrogens (tertiary/aromatic N) is 2. The predicted octanol–water partition coefficient (Wildman–Crippen LogP) is 2.23. The summed E-state index contributed by atoms with van der Waals surface area (Å²) in [6, 6.07) is 11.1. The third kappa shape index (κ3) is 3.40. The van der Waals surface area contributed by atoms with Gasteiger partial charge in [0.1, 0.15) is 6.04 Å². The van der Waals surface area contributed by atoms with Crippen LogP contribution >= 0.6 is 15.9 Å². The SMILES string of the molecule is CONC1=C(Br)C([C@@H](C)C(=O)[O-])=N[C@@H](c2cccnc2)c2ccccc21. The number of allylic oxidation sites excluding steroid dienone is 1. The Kier molecular flexibility index (Phi) is 5.49. The van der Waals surface area contributed by atoms with E-state index in [1.807, 2.05) is 36.4 Å². The Balaban J connectivity index is 2.29. The lowest BCUT2D eigenvalue weighted by Gasteiger charge is -2.18. The molecule has 26 heavy (non-hydrogen) atoms. The van der Waals surface area contributed by atoms with Crippen LogP contribution in [-0.4, -0.2) is 23.8 Å². The molecule has 1 N–H and O–H groups in total. The number of hydrogen-bond acceptors (Lipinski definition) is 6. The van der Waals surface area contributed by atoms with Gasteiger partial charge in [-0.3, -0.25) is 20.3 Å². The molecule has 0 amide bonds. The fraction of sp³-hybridized carbons (Fsp3) is 0.211. The van der Waals surface area contributed by atoms with E-state index in [0.717, 1.165) is 16.7 Å². The molecule has 0 spiro atoms. The maximum absolute atomic E-state index is 11.5. The number of carbonyl (C=O) groups is 1. The summed E-state index contributed by atoms with van der Waals surface area (Å²) in [5.41, 5.74) is 6.47. The molecule has 3 rings (SSSR count). The first-order valence-corrected chi connectivity index (χ1v) is 8.80. The van der Waals surface area contributed by atoms with Gasteiger partial charge in [-0.25, -0.2) is 0 Å². The van der Waals surface area contributed by atoms with Gasteiger partial charge in [-0.15, -0.1) is 0 Å². The minimum absolute atomic E-state index is 0.370. The van der Waals surface area contributed by atoms with Crippen molar-refractivity contribution in [2.24, 2.45) is 10.9 Å². The van der Waals surface area contributed by atoms with Gasteiger partial charge in [0.15, 0.2) is 0 Å². The standard InChI is InChI=1S/C19H18BrN3O3/c1-11(19(24)25)16-15(20)18(23-26-2)14-8-4-3-7-13(14)17(22-16)12-6-5-9-21-10-12/h3-11,17,23H,1-2H3,(H,24,25)/p-1/t11-,17+/m1/s1. The molecule has 0 radical (unpaired) electrons.